The first-order valence-corrected chi connectivity index (χ1v) is 5.68. The van der Waals surface area contributed by atoms with Gasteiger partial charge in [-0.25, -0.2) is 0 Å². The lowest BCUT2D eigenvalue weighted by molar-refractivity contribution is -0.141. The SMILES string of the molecule is C=CC(=O)N1CCCC(CCOC(C)=O)C1. The molecular formula is C12H19NO3. The molecule has 0 radical (unpaired) electrons. The highest BCUT2D eigenvalue weighted by Gasteiger charge is 2.21. The molecular weight excluding hydrogens is 206 g/mol. The van der Waals surface area contributed by atoms with Gasteiger partial charge < -0.3 is 9.64 Å². The molecule has 0 saturated carbocycles. The van der Waals surface area contributed by atoms with Crippen LogP contribution in [0.25, 0.3) is 0 Å². The monoisotopic (exact) mass is 225 g/mol. The maximum absolute atomic E-state index is 11.4. The van der Waals surface area contributed by atoms with Gasteiger partial charge in [-0.05, 0) is 31.3 Å². The minimum atomic E-state index is -0.241. The van der Waals surface area contributed by atoms with Crippen molar-refractivity contribution in [3.63, 3.8) is 0 Å². The van der Waals surface area contributed by atoms with Gasteiger partial charge >= 0.3 is 5.97 Å². The molecule has 0 aromatic heterocycles. The molecule has 0 bridgehead atoms. The first kappa shape index (κ1) is 12.7. The van der Waals surface area contributed by atoms with E-state index in [1.807, 2.05) is 4.90 Å². The number of hydrogen-bond donors (Lipinski definition) is 0. The lowest BCUT2D eigenvalue weighted by Crippen LogP contribution is -2.39. The van der Waals surface area contributed by atoms with E-state index in [0.717, 1.165) is 32.4 Å². The molecule has 1 rings (SSSR count). The molecule has 0 aromatic rings. The molecule has 4 heteroatoms. The van der Waals surface area contributed by atoms with Crippen molar-refractivity contribution in [1.82, 2.24) is 4.90 Å². The Morgan fingerprint density at radius 2 is 2.31 bits per heavy atom. The van der Waals surface area contributed by atoms with Crippen LogP contribution < -0.4 is 0 Å². The Bertz CT molecular complexity index is 275. The van der Waals surface area contributed by atoms with Gasteiger partial charge in [0.1, 0.15) is 0 Å². The van der Waals surface area contributed by atoms with Crippen molar-refractivity contribution in [2.24, 2.45) is 5.92 Å². The highest BCUT2D eigenvalue weighted by atomic mass is 16.5. The number of nitrogens with zero attached hydrogens (tertiary/aromatic N) is 1. The smallest absolute Gasteiger partial charge is 0.302 e. The number of piperidine rings is 1. The van der Waals surface area contributed by atoms with E-state index >= 15 is 0 Å². The van der Waals surface area contributed by atoms with E-state index < -0.39 is 0 Å². The molecule has 1 unspecified atom stereocenters. The maximum atomic E-state index is 11.4. The fourth-order valence-electron chi connectivity index (χ4n) is 2.00. The van der Waals surface area contributed by atoms with Crippen molar-refractivity contribution in [1.29, 1.82) is 0 Å². The van der Waals surface area contributed by atoms with Crippen LogP contribution in [0.5, 0.6) is 0 Å². The molecule has 1 aliphatic heterocycles. The van der Waals surface area contributed by atoms with E-state index in [1.54, 1.807) is 0 Å². The van der Waals surface area contributed by atoms with Crippen LogP contribution in [-0.2, 0) is 14.3 Å². The van der Waals surface area contributed by atoms with Gasteiger partial charge in [-0.15, -0.1) is 0 Å². The van der Waals surface area contributed by atoms with E-state index in [9.17, 15) is 9.59 Å². The van der Waals surface area contributed by atoms with Crippen LogP contribution in [0.2, 0.25) is 0 Å². The second kappa shape index (κ2) is 6.30. The molecule has 1 heterocycles. The van der Waals surface area contributed by atoms with Gasteiger partial charge in [0.05, 0.1) is 6.61 Å². The van der Waals surface area contributed by atoms with Crippen molar-refractivity contribution in [3.8, 4) is 0 Å². The largest absolute Gasteiger partial charge is 0.466 e. The molecule has 16 heavy (non-hydrogen) atoms. The molecule has 1 amide bonds. The zero-order chi connectivity index (χ0) is 12.0. The van der Waals surface area contributed by atoms with Gasteiger partial charge in [-0.1, -0.05) is 6.58 Å². The molecule has 1 aliphatic rings. The van der Waals surface area contributed by atoms with Crippen molar-refractivity contribution < 1.29 is 14.3 Å². The molecule has 4 nitrogen and oxygen atoms in total. The quantitative estimate of drug-likeness (QED) is 0.536. The number of carbonyl (C=O) groups excluding carboxylic acids is 2. The lowest BCUT2D eigenvalue weighted by Gasteiger charge is -2.31. The summed E-state index contributed by atoms with van der Waals surface area (Å²) in [6.45, 7) is 6.92. The third-order valence-electron chi connectivity index (χ3n) is 2.84. The Labute approximate surface area is 96.3 Å². The lowest BCUT2D eigenvalue weighted by atomic mass is 9.95. The van der Waals surface area contributed by atoms with Gasteiger partial charge in [0.25, 0.3) is 0 Å². The van der Waals surface area contributed by atoms with Crippen LogP contribution >= 0.6 is 0 Å². The van der Waals surface area contributed by atoms with E-state index in [2.05, 4.69) is 6.58 Å². The van der Waals surface area contributed by atoms with Gasteiger partial charge in [0.15, 0.2) is 0 Å². The van der Waals surface area contributed by atoms with Crippen molar-refractivity contribution in [3.05, 3.63) is 12.7 Å². The molecule has 0 N–H and O–H groups in total. The molecule has 0 spiro atoms. The molecule has 0 aliphatic carbocycles. The van der Waals surface area contributed by atoms with Gasteiger partial charge in [-0.2, -0.15) is 0 Å². The number of hydrogen-bond acceptors (Lipinski definition) is 3. The van der Waals surface area contributed by atoms with E-state index in [4.69, 9.17) is 4.74 Å². The molecule has 1 atom stereocenters. The second-order valence-corrected chi connectivity index (χ2v) is 4.13. The summed E-state index contributed by atoms with van der Waals surface area (Å²) in [6, 6.07) is 0. The summed E-state index contributed by atoms with van der Waals surface area (Å²) >= 11 is 0. The number of amides is 1. The molecule has 90 valence electrons. The Kier molecular flexibility index (Phi) is 5.02. The van der Waals surface area contributed by atoms with E-state index in [1.165, 1.54) is 13.0 Å². The average molecular weight is 225 g/mol. The van der Waals surface area contributed by atoms with Gasteiger partial charge in [0.2, 0.25) is 5.91 Å². The topological polar surface area (TPSA) is 46.6 Å². The van der Waals surface area contributed by atoms with Crippen LogP contribution in [-0.4, -0.2) is 36.5 Å². The number of rotatable bonds is 4. The van der Waals surface area contributed by atoms with Crippen molar-refractivity contribution in [2.45, 2.75) is 26.2 Å². The van der Waals surface area contributed by atoms with Crippen LogP contribution in [0, 0.1) is 5.92 Å². The van der Waals surface area contributed by atoms with Crippen LogP contribution in [0.1, 0.15) is 26.2 Å². The Morgan fingerprint density at radius 1 is 1.56 bits per heavy atom. The fraction of sp³-hybridized carbons (Fsp3) is 0.667. The van der Waals surface area contributed by atoms with E-state index in [0.29, 0.717) is 12.5 Å². The van der Waals surface area contributed by atoms with E-state index in [-0.39, 0.29) is 11.9 Å². The zero-order valence-electron chi connectivity index (χ0n) is 9.78. The van der Waals surface area contributed by atoms with Crippen LogP contribution in [0.15, 0.2) is 12.7 Å². The Balaban J connectivity index is 2.30. The second-order valence-electron chi connectivity index (χ2n) is 4.13. The summed E-state index contributed by atoms with van der Waals surface area (Å²) in [4.78, 5) is 23.8. The Hall–Kier alpha value is -1.32. The van der Waals surface area contributed by atoms with Crippen molar-refractivity contribution in [2.75, 3.05) is 19.7 Å². The summed E-state index contributed by atoms with van der Waals surface area (Å²) < 4.78 is 4.90. The average Bonchev–Trinajstić information content (AvgIpc) is 2.28. The minimum absolute atomic E-state index is 0.00261. The third kappa shape index (κ3) is 4.04. The highest BCUT2D eigenvalue weighted by Crippen LogP contribution is 2.19. The first-order valence-electron chi connectivity index (χ1n) is 5.68. The van der Waals surface area contributed by atoms with Crippen LogP contribution in [0.3, 0.4) is 0 Å². The number of ether oxygens (including phenoxy) is 1. The summed E-state index contributed by atoms with van der Waals surface area (Å²) in [5.74, 6) is 0.198. The maximum Gasteiger partial charge on any atom is 0.302 e. The zero-order valence-corrected chi connectivity index (χ0v) is 9.78. The predicted molar refractivity (Wildman–Crippen MR) is 60.8 cm³/mol. The molecule has 1 fully saturated rings. The predicted octanol–water partition coefficient (Wildman–Crippen LogP) is 1.36. The number of carbonyl (C=O) groups is 2. The number of esters is 1. The molecule has 1 saturated heterocycles. The summed E-state index contributed by atoms with van der Waals surface area (Å²) in [5, 5.41) is 0. The third-order valence-corrected chi connectivity index (χ3v) is 2.84. The normalized spacial score (nSPS) is 20.3. The van der Waals surface area contributed by atoms with Gasteiger partial charge in [-0.3, -0.25) is 9.59 Å². The first-order chi connectivity index (χ1) is 7.63. The summed E-state index contributed by atoms with van der Waals surface area (Å²) in [7, 11) is 0. The fourth-order valence-corrected chi connectivity index (χ4v) is 2.00. The van der Waals surface area contributed by atoms with Crippen molar-refractivity contribution >= 4 is 11.9 Å². The summed E-state index contributed by atoms with van der Waals surface area (Å²) in [6.07, 6.45) is 4.31. The Morgan fingerprint density at radius 3 is 2.94 bits per heavy atom. The van der Waals surface area contributed by atoms with Crippen LogP contribution in [0.4, 0.5) is 0 Å². The summed E-state index contributed by atoms with van der Waals surface area (Å²) in [5.41, 5.74) is 0. The highest BCUT2D eigenvalue weighted by molar-refractivity contribution is 5.87. The molecule has 0 aromatic carbocycles. The minimum Gasteiger partial charge on any atom is -0.466 e. The van der Waals surface area contributed by atoms with Gasteiger partial charge in [0, 0.05) is 20.0 Å². The standard InChI is InChI=1S/C12H19NO3/c1-3-12(15)13-7-4-5-11(9-13)6-8-16-10(2)14/h3,11H,1,4-9H2,2H3. The number of likely N-dealkylation sites (tertiary alicyclic amines) is 1.